The summed E-state index contributed by atoms with van der Waals surface area (Å²) >= 11 is 4.49. The van der Waals surface area contributed by atoms with Gasteiger partial charge in [0.15, 0.2) is 0 Å². The summed E-state index contributed by atoms with van der Waals surface area (Å²) in [4.78, 5) is 12.4. The third kappa shape index (κ3) is 4.58. The minimum atomic E-state index is 0.178. The van der Waals surface area contributed by atoms with Crippen molar-refractivity contribution < 1.29 is 14.3 Å². The number of ether oxygens (including phenoxy) is 2. The summed E-state index contributed by atoms with van der Waals surface area (Å²) in [6.45, 7) is 0. The van der Waals surface area contributed by atoms with Gasteiger partial charge in [0, 0.05) is 20.0 Å². The van der Waals surface area contributed by atoms with E-state index >= 15 is 0 Å². The van der Waals surface area contributed by atoms with Crippen molar-refractivity contribution in [2.45, 2.75) is 12.8 Å². The van der Waals surface area contributed by atoms with Crippen LogP contribution in [0.25, 0.3) is 0 Å². The summed E-state index contributed by atoms with van der Waals surface area (Å²) in [5, 5.41) is 0. The molecule has 0 aliphatic heterocycles. The van der Waals surface area contributed by atoms with Crippen molar-refractivity contribution >= 4 is 51.0 Å². The second-order valence-corrected chi connectivity index (χ2v) is 7.13. The maximum absolute atomic E-state index is 12.4. The number of hydrogen-bond acceptors (Lipinski definition) is 3. The van der Waals surface area contributed by atoms with Crippen LogP contribution in [0.3, 0.4) is 0 Å². The van der Waals surface area contributed by atoms with Crippen LogP contribution in [0.4, 0.5) is 0 Å². The molecule has 0 amide bonds. The van der Waals surface area contributed by atoms with Crippen LogP contribution in [0.1, 0.15) is 11.1 Å². The fourth-order valence-corrected chi connectivity index (χ4v) is 3.17. The zero-order valence-corrected chi connectivity index (χ0v) is 16.7. The van der Waals surface area contributed by atoms with Crippen molar-refractivity contribution in [1.82, 2.24) is 0 Å². The van der Waals surface area contributed by atoms with E-state index in [0.29, 0.717) is 12.8 Å². The summed E-state index contributed by atoms with van der Waals surface area (Å²) < 4.78 is 12.6. The second-order valence-electron chi connectivity index (χ2n) is 4.81. The molecule has 0 fully saturated rings. The molecule has 0 aliphatic carbocycles. The lowest BCUT2D eigenvalue weighted by Gasteiger charge is -2.09. The van der Waals surface area contributed by atoms with Gasteiger partial charge in [0.1, 0.15) is 17.3 Å². The summed E-state index contributed by atoms with van der Waals surface area (Å²) in [6.07, 6.45) is 0.811. The number of rotatable bonds is 6. The molecule has 0 saturated heterocycles. The molecule has 0 unspecified atom stereocenters. The third-order valence-electron chi connectivity index (χ3n) is 3.28. The number of Topliss-reactive ketones (excluding diaryl/α,β-unsaturated/α-hetero) is 1. The molecule has 2 aromatic rings. The van der Waals surface area contributed by atoms with Crippen LogP contribution in [0.2, 0.25) is 0 Å². The van der Waals surface area contributed by atoms with Crippen molar-refractivity contribution in [2.75, 3.05) is 14.2 Å². The van der Waals surface area contributed by atoms with Gasteiger partial charge in [0.2, 0.25) is 0 Å². The molecule has 0 aromatic heterocycles. The van der Waals surface area contributed by atoms with Crippen molar-refractivity contribution in [3.8, 4) is 11.5 Å². The second kappa shape index (κ2) is 8.14. The molecule has 0 heterocycles. The van der Waals surface area contributed by atoms with Gasteiger partial charge in [-0.1, -0.05) is 0 Å². The Kier molecular flexibility index (Phi) is 6.49. The van der Waals surface area contributed by atoms with Gasteiger partial charge < -0.3 is 9.47 Å². The first-order chi connectivity index (χ1) is 10.5. The predicted octanol–water partition coefficient (Wildman–Crippen LogP) is 4.27. The molecular weight excluding hydrogens is 506 g/mol. The molecule has 0 radical (unpaired) electrons. The van der Waals surface area contributed by atoms with E-state index < -0.39 is 0 Å². The number of benzene rings is 2. The lowest BCUT2D eigenvalue weighted by atomic mass is 10.0. The van der Waals surface area contributed by atoms with Crippen LogP contribution in [0.5, 0.6) is 11.5 Å². The Morgan fingerprint density at radius 3 is 1.64 bits per heavy atom. The lowest BCUT2D eigenvalue weighted by molar-refractivity contribution is -0.117. The smallest absolute Gasteiger partial charge is 0.141 e. The van der Waals surface area contributed by atoms with Crippen LogP contribution < -0.4 is 9.47 Å². The summed E-state index contributed by atoms with van der Waals surface area (Å²) in [6, 6.07) is 11.6. The molecule has 0 N–H and O–H groups in total. The third-order valence-corrected chi connectivity index (χ3v) is 5.39. The summed E-state index contributed by atoms with van der Waals surface area (Å²) in [5.74, 6) is 1.73. The summed E-state index contributed by atoms with van der Waals surface area (Å²) in [7, 11) is 3.26. The average molecular weight is 522 g/mol. The number of methoxy groups -OCH3 is 2. The van der Waals surface area contributed by atoms with Crippen LogP contribution in [-0.4, -0.2) is 20.0 Å². The minimum Gasteiger partial charge on any atom is -0.497 e. The minimum absolute atomic E-state index is 0.178. The van der Waals surface area contributed by atoms with Gasteiger partial charge in [0.25, 0.3) is 0 Å². The SMILES string of the molecule is COc1ccc(I)c(CC(=O)Cc2cc(OC)ccc2I)c1. The topological polar surface area (TPSA) is 35.5 Å². The molecular formula is C17H16I2O3. The Hall–Kier alpha value is -0.830. The van der Waals surface area contributed by atoms with Gasteiger partial charge in [0.05, 0.1) is 14.2 Å². The van der Waals surface area contributed by atoms with Gasteiger partial charge in [-0.25, -0.2) is 0 Å². The van der Waals surface area contributed by atoms with Gasteiger partial charge >= 0.3 is 0 Å². The van der Waals surface area contributed by atoms with E-state index in [2.05, 4.69) is 45.2 Å². The van der Waals surface area contributed by atoms with Crippen molar-refractivity contribution in [3.63, 3.8) is 0 Å². The van der Waals surface area contributed by atoms with Crippen molar-refractivity contribution in [3.05, 3.63) is 54.7 Å². The highest BCUT2D eigenvalue weighted by Crippen LogP contribution is 2.23. The first-order valence-corrected chi connectivity index (χ1v) is 8.85. The maximum Gasteiger partial charge on any atom is 0.141 e. The van der Waals surface area contributed by atoms with Crippen molar-refractivity contribution in [1.29, 1.82) is 0 Å². The lowest BCUT2D eigenvalue weighted by Crippen LogP contribution is -2.09. The molecule has 2 rings (SSSR count). The fraction of sp³-hybridized carbons (Fsp3) is 0.235. The Morgan fingerprint density at radius 2 is 1.27 bits per heavy atom. The summed E-state index contributed by atoms with van der Waals surface area (Å²) in [5.41, 5.74) is 2.01. The van der Waals surface area contributed by atoms with Crippen LogP contribution in [0.15, 0.2) is 36.4 Å². The van der Waals surface area contributed by atoms with Gasteiger partial charge in [-0.2, -0.15) is 0 Å². The first-order valence-electron chi connectivity index (χ1n) is 6.70. The van der Waals surface area contributed by atoms with Crippen LogP contribution in [-0.2, 0) is 17.6 Å². The molecule has 5 heteroatoms. The highest BCUT2D eigenvalue weighted by Gasteiger charge is 2.12. The maximum atomic E-state index is 12.4. The average Bonchev–Trinajstić information content (AvgIpc) is 2.51. The standard InChI is InChI=1S/C17H16I2O3/c1-21-14-3-5-16(18)11(9-14)7-13(20)8-12-10-15(22-2)4-6-17(12)19/h3-6,9-10H,7-8H2,1-2H3. The largest absolute Gasteiger partial charge is 0.497 e. The van der Waals surface area contributed by atoms with Gasteiger partial charge in [-0.05, 0) is 92.7 Å². The van der Waals surface area contributed by atoms with E-state index in [1.165, 1.54) is 0 Å². The van der Waals surface area contributed by atoms with Crippen molar-refractivity contribution in [2.24, 2.45) is 0 Å². The number of carbonyl (C=O) groups excluding carboxylic acids is 1. The quantitative estimate of drug-likeness (QED) is 0.533. The van der Waals surface area contributed by atoms with E-state index in [1.807, 2.05) is 36.4 Å². The first kappa shape index (κ1) is 17.5. The fourth-order valence-electron chi connectivity index (χ4n) is 2.11. The molecule has 0 spiro atoms. The van der Waals surface area contributed by atoms with Gasteiger partial charge in [-0.15, -0.1) is 0 Å². The molecule has 3 nitrogen and oxygen atoms in total. The number of hydrogen-bond donors (Lipinski definition) is 0. The molecule has 0 bridgehead atoms. The zero-order chi connectivity index (χ0) is 16.1. The van der Waals surface area contributed by atoms with E-state index in [4.69, 9.17) is 9.47 Å². The predicted molar refractivity (Wildman–Crippen MR) is 104 cm³/mol. The van der Waals surface area contributed by atoms with E-state index in [0.717, 1.165) is 29.8 Å². The molecule has 2 aromatic carbocycles. The highest BCUT2D eigenvalue weighted by molar-refractivity contribution is 14.1. The molecule has 22 heavy (non-hydrogen) atoms. The van der Waals surface area contributed by atoms with Gasteiger partial charge in [-0.3, -0.25) is 4.79 Å². The van der Waals surface area contributed by atoms with E-state index in [-0.39, 0.29) is 5.78 Å². The molecule has 0 saturated carbocycles. The van der Waals surface area contributed by atoms with E-state index in [9.17, 15) is 4.79 Å². The number of halogens is 2. The Morgan fingerprint density at radius 1 is 0.864 bits per heavy atom. The zero-order valence-electron chi connectivity index (χ0n) is 12.4. The Balaban J connectivity index is 2.13. The monoisotopic (exact) mass is 522 g/mol. The molecule has 0 aliphatic rings. The number of ketones is 1. The Bertz CT molecular complexity index is 626. The van der Waals surface area contributed by atoms with Crippen LogP contribution >= 0.6 is 45.2 Å². The number of carbonyl (C=O) groups is 1. The molecule has 0 atom stereocenters. The molecule has 116 valence electrons. The normalized spacial score (nSPS) is 10.4. The Labute approximate surface area is 157 Å². The van der Waals surface area contributed by atoms with E-state index in [1.54, 1.807) is 14.2 Å². The van der Waals surface area contributed by atoms with Crippen LogP contribution in [0, 0.1) is 7.14 Å². The highest BCUT2D eigenvalue weighted by atomic mass is 127.